The van der Waals surface area contributed by atoms with Gasteiger partial charge in [-0.2, -0.15) is 8.78 Å². The zero-order valence-electron chi connectivity index (χ0n) is 10.3. The van der Waals surface area contributed by atoms with Gasteiger partial charge in [-0.1, -0.05) is 6.92 Å². The Morgan fingerprint density at radius 1 is 1.47 bits per heavy atom. The molecule has 0 radical (unpaired) electrons. The van der Waals surface area contributed by atoms with E-state index >= 15 is 0 Å². The summed E-state index contributed by atoms with van der Waals surface area (Å²) in [5.74, 6) is -2.16. The largest absolute Gasteiger partial charge is 0.432 e. The highest BCUT2D eigenvalue weighted by atomic mass is 19.3. The maximum atomic E-state index is 13.4. The van der Waals surface area contributed by atoms with Crippen LogP contribution in [0.1, 0.15) is 13.3 Å². The number of ether oxygens (including phenoxy) is 1. The first-order chi connectivity index (χ1) is 8.93. The molecule has 3 N–H and O–H groups in total. The molecule has 7 heteroatoms. The van der Waals surface area contributed by atoms with Gasteiger partial charge in [0.15, 0.2) is 11.6 Å². The van der Waals surface area contributed by atoms with E-state index in [4.69, 9.17) is 5.73 Å². The molecule has 1 rings (SSSR count). The van der Waals surface area contributed by atoms with Gasteiger partial charge in [0.1, 0.15) is 0 Å². The second-order valence-corrected chi connectivity index (χ2v) is 3.99. The third-order valence-corrected chi connectivity index (χ3v) is 2.46. The van der Waals surface area contributed by atoms with Gasteiger partial charge < -0.3 is 15.8 Å². The fourth-order valence-electron chi connectivity index (χ4n) is 1.42. The zero-order valence-corrected chi connectivity index (χ0v) is 10.3. The van der Waals surface area contributed by atoms with Crippen molar-refractivity contribution in [2.24, 2.45) is 11.7 Å². The van der Waals surface area contributed by atoms with Gasteiger partial charge in [-0.25, -0.2) is 4.39 Å². The van der Waals surface area contributed by atoms with Gasteiger partial charge in [0.05, 0.1) is 0 Å². The average molecular weight is 276 g/mol. The average Bonchev–Trinajstić information content (AvgIpc) is 2.32. The SMILES string of the molecule is CC(CCN)C(=O)Nc1ccc(OC(F)F)c(F)c1. The molecular weight excluding hydrogens is 261 g/mol. The highest BCUT2D eigenvalue weighted by Crippen LogP contribution is 2.23. The quantitative estimate of drug-likeness (QED) is 0.838. The molecule has 0 aromatic heterocycles. The molecule has 0 saturated carbocycles. The Bertz CT molecular complexity index is 441. The maximum absolute atomic E-state index is 13.4. The molecule has 19 heavy (non-hydrogen) atoms. The zero-order chi connectivity index (χ0) is 14.4. The van der Waals surface area contributed by atoms with Crippen molar-refractivity contribution < 1.29 is 22.7 Å². The molecule has 0 heterocycles. The van der Waals surface area contributed by atoms with Crippen molar-refractivity contribution >= 4 is 11.6 Å². The summed E-state index contributed by atoms with van der Waals surface area (Å²) in [5.41, 5.74) is 5.50. The van der Waals surface area contributed by atoms with Crippen molar-refractivity contribution in [3.8, 4) is 5.75 Å². The number of alkyl halides is 2. The summed E-state index contributed by atoms with van der Waals surface area (Å²) >= 11 is 0. The van der Waals surface area contributed by atoms with Gasteiger partial charge in [-0.05, 0) is 25.1 Å². The van der Waals surface area contributed by atoms with Crippen LogP contribution >= 0.6 is 0 Å². The molecule has 1 unspecified atom stereocenters. The van der Waals surface area contributed by atoms with Crippen molar-refractivity contribution in [2.75, 3.05) is 11.9 Å². The molecule has 106 valence electrons. The standard InChI is InChI=1S/C12H15F3N2O2/c1-7(4-5-16)11(18)17-8-2-3-10(9(13)6-8)19-12(14)15/h2-3,6-7,12H,4-5,16H2,1H3,(H,17,18). The molecule has 1 aromatic carbocycles. The molecule has 1 aromatic rings. The number of hydrogen-bond acceptors (Lipinski definition) is 3. The first-order valence-corrected chi connectivity index (χ1v) is 5.69. The molecular formula is C12H15F3N2O2. The summed E-state index contributed by atoms with van der Waals surface area (Å²) < 4.78 is 41.2. The van der Waals surface area contributed by atoms with E-state index in [1.807, 2.05) is 0 Å². The summed E-state index contributed by atoms with van der Waals surface area (Å²) in [7, 11) is 0. The number of benzene rings is 1. The first-order valence-electron chi connectivity index (χ1n) is 5.69. The van der Waals surface area contributed by atoms with Gasteiger partial charge in [-0.3, -0.25) is 4.79 Å². The van der Waals surface area contributed by atoms with Gasteiger partial charge in [0.25, 0.3) is 0 Å². The summed E-state index contributed by atoms with van der Waals surface area (Å²) in [6.45, 7) is -1.05. The van der Waals surface area contributed by atoms with Crippen LogP contribution in [0.3, 0.4) is 0 Å². The predicted octanol–water partition coefficient (Wildman–Crippen LogP) is 2.35. The van der Waals surface area contributed by atoms with Crippen molar-refractivity contribution in [1.82, 2.24) is 0 Å². The predicted molar refractivity (Wildman–Crippen MR) is 64.5 cm³/mol. The molecule has 0 aliphatic rings. The maximum Gasteiger partial charge on any atom is 0.387 e. The Morgan fingerprint density at radius 3 is 2.68 bits per heavy atom. The first kappa shape index (κ1) is 15.3. The molecule has 0 bridgehead atoms. The number of anilines is 1. The van der Waals surface area contributed by atoms with E-state index in [1.54, 1.807) is 6.92 Å². The van der Waals surface area contributed by atoms with Gasteiger partial charge in [0.2, 0.25) is 5.91 Å². The number of hydrogen-bond donors (Lipinski definition) is 2. The fraction of sp³-hybridized carbons (Fsp3) is 0.417. The van der Waals surface area contributed by atoms with E-state index in [1.165, 1.54) is 6.07 Å². The number of rotatable bonds is 6. The van der Waals surface area contributed by atoms with Crippen molar-refractivity contribution in [2.45, 2.75) is 20.0 Å². The summed E-state index contributed by atoms with van der Waals surface area (Å²) in [6.07, 6.45) is 0.501. The molecule has 1 amide bonds. The molecule has 0 saturated heterocycles. The number of amides is 1. The molecule has 0 fully saturated rings. The normalized spacial score (nSPS) is 12.3. The smallest absolute Gasteiger partial charge is 0.387 e. The molecule has 0 aliphatic carbocycles. The van der Waals surface area contributed by atoms with Crippen molar-refractivity contribution in [1.29, 1.82) is 0 Å². The highest BCUT2D eigenvalue weighted by molar-refractivity contribution is 5.92. The van der Waals surface area contributed by atoms with Crippen LogP contribution in [0, 0.1) is 11.7 Å². The lowest BCUT2D eigenvalue weighted by Gasteiger charge is -2.12. The van der Waals surface area contributed by atoms with Crippen LogP contribution in [0.4, 0.5) is 18.9 Å². The Morgan fingerprint density at radius 2 is 2.16 bits per heavy atom. The molecule has 1 atom stereocenters. The lowest BCUT2D eigenvalue weighted by atomic mass is 10.1. The second kappa shape index (κ2) is 6.98. The van der Waals surface area contributed by atoms with Crippen LogP contribution in [0.25, 0.3) is 0 Å². The monoisotopic (exact) mass is 276 g/mol. The topological polar surface area (TPSA) is 64.4 Å². The lowest BCUT2D eigenvalue weighted by molar-refractivity contribution is -0.119. The number of nitrogens with two attached hydrogens (primary N) is 1. The number of halogens is 3. The Kier molecular flexibility index (Phi) is 5.62. The molecule has 4 nitrogen and oxygen atoms in total. The summed E-state index contributed by atoms with van der Waals surface area (Å²) in [5, 5.41) is 2.47. The Balaban J connectivity index is 2.70. The summed E-state index contributed by atoms with van der Waals surface area (Å²) in [4.78, 5) is 11.6. The van der Waals surface area contributed by atoms with Crippen molar-refractivity contribution in [3.05, 3.63) is 24.0 Å². The van der Waals surface area contributed by atoms with Crippen LogP contribution in [-0.4, -0.2) is 19.1 Å². The van der Waals surface area contributed by atoms with Crippen molar-refractivity contribution in [3.63, 3.8) is 0 Å². The van der Waals surface area contributed by atoms with Gasteiger partial charge in [-0.15, -0.1) is 0 Å². The molecule has 0 spiro atoms. The number of nitrogens with one attached hydrogen (secondary N) is 1. The lowest BCUT2D eigenvalue weighted by Crippen LogP contribution is -2.22. The van der Waals surface area contributed by atoms with E-state index in [0.717, 1.165) is 12.1 Å². The minimum Gasteiger partial charge on any atom is -0.432 e. The minimum atomic E-state index is -3.10. The third kappa shape index (κ3) is 4.78. The van der Waals surface area contributed by atoms with E-state index in [9.17, 15) is 18.0 Å². The van der Waals surface area contributed by atoms with Crippen LogP contribution in [-0.2, 0) is 4.79 Å². The van der Waals surface area contributed by atoms with Gasteiger partial charge in [0, 0.05) is 17.7 Å². The van der Waals surface area contributed by atoms with Crippen LogP contribution in [0.15, 0.2) is 18.2 Å². The number of carbonyl (C=O) groups excluding carboxylic acids is 1. The molecule has 0 aliphatic heterocycles. The number of carbonyl (C=O) groups is 1. The second-order valence-electron chi connectivity index (χ2n) is 3.99. The third-order valence-electron chi connectivity index (χ3n) is 2.46. The van der Waals surface area contributed by atoms with Crippen LogP contribution in [0.2, 0.25) is 0 Å². The van der Waals surface area contributed by atoms with E-state index in [0.29, 0.717) is 13.0 Å². The fourth-order valence-corrected chi connectivity index (χ4v) is 1.42. The van der Waals surface area contributed by atoms with E-state index < -0.39 is 18.2 Å². The van der Waals surface area contributed by atoms with Gasteiger partial charge >= 0.3 is 6.61 Å². The highest BCUT2D eigenvalue weighted by Gasteiger charge is 2.14. The summed E-state index contributed by atoms with van der Waals surface area (Å²) in [6, 6.07) is 3.24. The Hall–Kier alpha value is -1.76. The van der Waals surface area contributed by atoms with E-state index in [-0.39, 0.29) is 17.5 Å². The van der Waals surface area contributed by atoms with Crippen LogP contribution in [0.5, 0.6) is 5.75 Å². The van der Waals surface area contributed by atoms with Crippen LogP contribution < -0.4 is 15.8 Å². The minimum absolute atomic E-state index is 0.174. The van der Waals surface area contributed by atoms with E-state index in [2.05, 4.69) is 10.1 Å². The Labute approximate surface area is 108 Å².